The van der Waals surface area contributed by atoms with E-state index in [9.17, 15) is 14.9 Å². The van der Waals surface area contributed by atoms with E-state index in [4.69, 9.17) is 4.74 Å². The summed E-state index contributed by atoms with van der Waals surface area (Å²) in [5, 5.41) is 10.7. The van der Waals surface area contributed by atoms with Gasteiger partial charge < -0.3 is 14.1 Å². The fraction of sp³-hybridized carbons (Fsp3) is 0.560. The molecule has 1 saturated heterocycles. The summed E-state index contributed by atoms with van der Waals surface area (Å²) in [5.41, 5.74) is 4.35. The van der Waals surface area contributed by atoms with E-state index in [0.717, 1.165) is 44.3 Å². The van der Waals surface area contributed by atoms with Gasteiger partial charge in [-0.1, -0.05) is 25.1 Å². The van der Waals surface area contributed by atoms with Gasteiger partial charge in [0, 0.05) is 23.0 Å². The van der Waals surface area contributed by atoms with Gasteiger partial charge in [-0.25, -0.2) is 4.79 Å². The third-order valence-electron chi connectivity index (χ3n) is 7.68. The van der Waals surface area contributed by atoms with Crippen molar-refractivity contribution in [3.05, 3.63) is 51.7 Å². The van der Waals surface area contributed by atoms with Crippen molar-refractivity contribution in [3.63, 3.8) is 0 Å². The molecule has 1 fully saturated rings. The van der Waals surface area contributed by atoms with Gasteiger partial charge in [-0.15, -0.1) is 10.1 Å². The van der Waals surface area contributed by atoms with Gasteiger partial charge in [0.1, 0.15) is 5.70 Å². The number of hydrogen-bond acceptors (Lipinski definition) is 6. The van der Waals surface area contributed by atoms with Gasteiger partial charge in [0.05, 0.1) is 24.8 Å². The maximum absolute atomic E-state index is 13.4. The largest absolute Gasteiger partial charge is 0.461 e. The molecule has 0 radical (unpaired) electrons. The number of nitrogens with zero attached hydrogens (tertiary/aromatic N) is 3. The van der Waals surface area contributed by atoms with Crippen LogP contribution in [0.2, 0.25) is 0 Å². The first-order valence-electron chi connectivity index (χ1n) is 12.1. The average molecular weight is 454 g/mol. The van der Waals surface area contributed by atoms with Crippen LogP contribution in [0.15, 0.2) is 30.3 Å². The molecule has 1 aromatic heterocycles. The molecule has 0 bridgehead atoms. The molecule has 1 aromatic carbocycles. The number of benzene rings is 1. The monoisotopic (exact) mass is 453 g/mol. The van der Waals surface area contributed by atoms with Crippen LogP contribution in [0.3, 0.4) is 0 Å². The Morgan fingerprint density at radius 3 is 2.85 bits per heavy atom. The highest BCUT2D eigenvalue weighted by atomic mass is 16.9. The van der Waals surface area contributed by atoms with Crippen LogP contribution in [0.25, 0.3) is 16.6 Å². The van der Waals surface area contributed by atoms with Crippen molar-refractivity contribution >= 4 is 22.6 Å². The van der Waals surface area contributed by atoms with E-state index in [1.54, 1.807) is 0 Å². The molecule has 8 nitrogen and oxygen atoms in total. The van der Waals surface area contributed by atoms with Crippen molar-refractivity contribution in [2.45, 2.75) is 57.9 Å². The van der Waals surface area contributed by atoms with Gasteiger partial charge in [0.2, 0.25) is 0 Å². The van der Waals surface area contributed by atoms with Crippen molar-refractivity contribution < 1.29 is 19.5 Å². The lowest BCUT2D eigenvalue weighted by Gasteiger charge is -2.53. The molecule has 176 valence electrons. The van der Waals surface area contributed by atoms with Crippen LogP contribution in [-0.2, 0) is 20.8 Å². The number of piperidine rings is 1. The Labute approximate surface area is 193 Å². The first-order valence-corrected chi connectivity index (χ1v) is 12.1. The van der Waals surface area contributed by atoms with Crippen molar-refractivity contribution in [1.29, 1.82) is 0 Å². The van der Waals surface area contributed by atoms with E-state index in [2.05, 4.69) is 45.5 Å². The SMILES string of the molecule is CC[C@@]12C=C(C(=O)OCCCCCO[N+](=O)[O-])n3c4c(c5ccccc53)CCN(CCC1)[C@H]42. The smallest absolute Gasteiger partial charge is 0.355 e. The fourth-order valence-electron chi connectivity index (χ4n) is 6.19. The number of rotatable bonds is 9. The number of fused-ring (bicyclic) bond motifs is 3. The summed E-state index contributed by atoms with van der Waals surface area (Å²) in [6, 6.07) is 8.71. The highest BCUT2D eigenvalue weighted by Gasteiger charge is 2.51. The number of carbonyl (C=O) groups excluding carboxylic acids is 1. The highest BCUT2D eigenvalue weighted by Crippen LogP contribution is 2.57. The average Bonchev–Trinajstić information content (AvgIpc) is 3.17. The number of unbranched alkanes of at least 4 members (excludes halogenated alkanes) is 2. The van der Waals surface area contributed by atoms with E-state index in [0.29, 0.717) is 37.6 Å². The maximum atomic E-state index is 13.4. The van der Waals surface area contributed by atoms with Crippen molar-refractivity contribution in [2.24, 2.45) is 5.41 Å². The maximum Gasteiger partial charge on any atom is 0.355 e. The zero-order valence-electron chi connectivity index (χ0n) is 19.1. The van der Waals surface area contributed by atoms with Crippen LogP contribution < -0.4 is 0 Å². The second-order valence-corrected chi connectivity index (χ2v) is 9.38. The normalized spacial score (nSPS) is 23.7. The molecule has 2 atom stereocenters. The van der Waals surface area contributed by atoms with Crippen LogP contribution in [0.5, 0.6) is 0 Å². The minimum atomic E-state index is -0.777. The minimum Gasteiger partial charge on any atom is -0.461 e. The molecule has 5 rings (SSSR count). The van der Waals surface area contributed by atoms with Crippen LogP contribution in [-0.4, -0.2) is 46.8 Å². The Morgan fingerprint density at radius 1 is 1.21 bits per heavy atom. The Hall–Kier alpha value is -2.87. The first kappa shape index (κ1) is 21.9. The molecule has 0 saturated carbocycles. The molecule has 0 aliphatic carbocycles. The van der Waals surface area contributed by atoms with Crippen LogP contribution in [0, 0.1) is 15.5 Å². The lowest BCUT2D eigenvalue weighted by molar-refractivity contribution is -0.757. The zero-order chi connectivity index (χ0) is 23.0. The molecular weight excluding hydrogens is 422 g/mol. The second-order valence-electron chi connectivity index (χ2n) is 9.38. The summed E-state index contributed by atoms with van der Waals surface area (Å²) in [4.78, 5) is 30.6. The lowest BCUT2D eigenvalue weighted by Crippen LogP contribution is -2.51. The molecule has 33 heavy (non-hydrogen) atoms. The van der Waals surface area contributed by atoms with Crippen LogP contribution in [0.1, 0.15) is 62.7 Å². The summed E-state index contributed by atoms with van der Waals surface area (Å²) in [7, 11) is 0. The molecule has 4 heterocycles. The van der Waals surface area contributed by atoms with E-state index in [1.807, 2.05) is 6.07 Å². The Balaban J connectivity index is 1.43. The predicted octanol–water partition coefficient (Wildman–Crippen LogP) is 4.51. The minimum absolute atomic E-state index is 0.0496. The number of hydrogen-bond donors (Lipinski definition) is 0. The summed E-state index contributed by atoms with van der Waals surface area (Å²) in [5.74, 6) is -0.283. The fourth-order valence-corrected chi connectivity index (χ4v) is 6.19. The molecule has 2 aromatic rings. The molecule has 0 amide bonds. The topological polar surface area (TPSA) is 86.8 Å². The first-order chi connectivity index (χ1) is 16.1. The van der Waals surface area contributed by atoms with Crippen molar-refractivity contribution in [1.82, 2.24) is 9.47 Å². The molecule has 3 aliphatic rings. The number of para-hydroxylation sites is 1. The van der Waals surface area contributed by atoms with E-state index < -0.39 is 5.09 Å². The van der Waals surface area contributed by atoms with Gasteiger partial charge >= 0.3 is 5.97 Å². The Bertz CT molecular complexity index is 1110. The Morgan fingerprint density at radius 2 is 2.03 bits per heavy atom. The Kier molecular flexibility index (Phi) is 5.86. The zero-order valence-corrected chi connectivity index (χ0v) is 19.1. The molecule has 8 heteroatoms. The van der Waals surface area contributed by atoms with Gasteiger partial charge in [0.15, 0.2) is 0 Å². The van der Waals surface area contributed by atoms with Gasteiger partial charge in [0.25, 0.3) is 5.09 Å². The summed E-state index contributed by atoms with van der Waals surface area (Å²) >= 11 is 0. The molecule has 0 N–H and O–H groups in total. The predicted molar refractivity (Wildman–Crippen MR) is 124 cm³/mol. The summed E-state index contributed by atoms with van der Waals surface area (Å²) < 4.78 is 7.90. The summed E-state index contributed by atoms with van der Waals surface area (Å²) in [6.07, 6.45) is 8.36. The standard InChI is InChI=1S/C25H31N3O5/c1-2-25-12-8-13-26-14-11-19-18-9-4-5-10-20(18)27(22(19)23(25)26)21(17-25)24(29)32-15-6-3-7-16-33-28(30)31/h4-5,9-10,17,23H,2-3,6-8,11-16H2,1H3/t23-,25+/m1/s1. The quantitative estimate of drug-likeness (QED) is 0.240. The molecule has 0 unspecified atom stereocenters. The number of ether oxygens (including phenoxy) is 1. The molecular formula is C25H31N3O5. The third-order valence-corrected chi connectivity index (χ3v) is 7.68. The third kappa shape index (κ3) is 3.70. The van der Waals surface area contributed by atoms with Crippen LogP contribution in [0.4, 0.5) is 0 Å². The van der Waals surface area contributed by atoms with Gasteiger partial charge in [-0.05, 0) is 69.2 Å². The van der Waals surface area contributed by atoms with Gasteiger partial charge in [-0.3, -0.25) is 4.90 Å². The number of carbonyl (C=O) groups is 1. The van der Waals surface area contributed by atoms with E-state index >= 15 is 0 Å². The van der Waals surface area contributed by atoms with E-state index in [-0.39, 0.29) is 18.0 Å². The highest BCUT2D eigenvalue weighted by molar-refractivity contribution is 6.13. The lowest BCUT2D eigenvalue weighted by atomic mass is 9.66. The number of esters is 1. The van der Waals surface area contributed by atoms with Crippen molar-refractivity contribution in [2.75, 3.05) is 26.3 Å². The summed E-state index contributed by atoms with van der Waals surface area (Å²) in [6.45, 7) is 4.79. The van der Waals surface area contributed by atoms with E-state index in [1.165, 1.54) is 16.6 Å². The van der Waals surface area contributed by atoms with Gasteiger partial charge in [-0.2, -0.15) is 0 Å². The van der Waals surface area contributed by atoms with Crippen molar-refractivity contribution in [3.8, 4) is 0 Å². The molecule has 0 spiro atoms. The van der Waals surface area contributed by atoms with Crippen LogP contribution >= 0.6 is 0 Å². The number of aromatic nitrogens is 1. The second kappa shape index (κ2) is 8.82. The molecule has 3 aliphatic heterocycles.